The summed E-state index contributed by atoms with van der Waals surface area (Å²) in [5, 5.41) is 7.41. The highest BCUT2D eigenvalue weighted by Gasteiger charge is 2.32. The van der Waals surface area contributed by atoms with E-state index in [1.807, 2.05) is 6.92 Å². The molecule has 2 rings (SSSR count). The van der Waals surface area contributed by atoms with Crippen LogP contribution in [0.4, 0.5) is 10.7 Å². The number of nitrogens with zero attached hydrogens (tertiary/aromatic N) is 1. The van der Waals surface area contributed by atoms with Crippen LogP contribution in [0.5, 0.6) is 0 Å². The number of carbonyl (C=O) groups is 1. The van der Waals surface area contributed by atoms with Crippen LogP contribution in [0.1, 0.15) is 47.8 Å². The summed E-state index contributed by atoms with van der Waals surface area (Å²) < 4.78 is 0. The Bertz CT molecular complexity index is 508. The van der Waals surface area contributed by atoms with E-state index in [1.165, 1.54) is 24.2 Å². The number of amides is 1. The maximum absolute atomic E-state index is 12.1. The van der Waals surface area contributed by atoms with E-state index < -0.39 is 0 Å². The third kappa shape index (κ3) is 3.68. The first kappa shape index (κ1) is 16.1. The molecule has 5 nitrogen and oxygen atoms in total. The lowest BCUT2D eigenvalue weighted by Crippen LogP contribution is -2.31. The van der Waals surface area contributed by atoms with Crippen LogP contribution in [0.15, 0.2) is 0 Å². The third-order valence-corrected chi connectivity index (χ3v) is 5.13. The second-order valence-electron chi connectivity index (χ2n) is 5.91. The lowest BCUT2D eigenvalue weighted by atomic mass is 10.1. The molecule has 1 aliphatic rings. The molecule has 1 atom stereocenters. The van der Waals surface area contributed by atoms with Crippen molar-refractivity contribution in [2.24, 2.45) is 0 Å². The molecule has 0 aliphatic heterocycles. The monoisotopic (exact) mass is 310 g/mol. The van der Waals surface area contributed by atoms with Gasteiger partial charge in [-0.2, -0.15) is 0 Å². The van der Waals surface area contributed by atoms with Crippen molar-refractivity contribution in [1.82, 2.24) is 10.2 Å². The molecule has 1 aromatic rings. The standard InChI is InChI=1S/C15H26N4OS/c1-5-17-14(20)13-12(16)11(10-6-7-10)15(21-13)18-8-9(2)19(3)4/h9-10,18H,5-8,16H2,1-4H3,(H,17,20). The summed E-state index contributed by atoms with van der Waals surface area (Å²) in [6.07, 6.45) is 2.35. The van der Waals surface area contributed by atoms with Crippen molar-refractivity contribution in [3.8, 4) is 0 Å². The number of carbonyl (C=O) groups excluding carboxylic acids is 1. The Balaban J connectivity index is 2.19. The Morgan fingerprint density at radius 3 is 2.67 bits per heavy atom. The number of nitrogens with two attached hydrogens (primary N) is 1. The highest BCUT2D eigenvalue weighted by atomic mass is 32.1. The Hall–Kier alpha value is -1.27. The second kappa shape index (κ2) is 6.66. The van der Waals surface area contributed by atoms with Gasteiger partial charge in [-0.05, 0) is 46.7 Å². The minimum Gasteiger partial charge on any atom is -0.397 e. The van der Waals surface area contributed by atoms with Gasteiger partial charge in [-0.15, -0.1) is 11.3 Å². The van der Waals surface area contributed by atoms with Gasteiger partial charge in [0.05, 0.1) is 10.7 Å². The SMILES string of the molecule is CCNC(=O)c1sc(NCC(C)N(C)C)c(C2CC2)c1N. The van der Waals surface area contributed by atoms with E-state index in [0.29, 0.717) is 29.1 Å². The van der Waals surface area contributed by atoms with Gasteiger partial charge in [0.15, 0.2) is 0 Å². The first-order chi connectivity index (χ1) is 9.95. The third-order valence-electron chi connectivity index (χ3n) is 3.95. The number of nitrogens with one attached hydrogen (secondary N) is 2. The highest BCUT2D eigenvalue weighted by Crippen LogP contribution is 2.50. The molecule has 1 heterocycles. The van der Waals surface area contributed by atoms with Crippen molar-refractivity contribution in [2.45, 2.75) is 38.6 Å². The van der Waals surface area contributed by atoms with Gasteiger partial charge in [-0.25, -0.2) is 0 Å². The summed E-state index contributed by atoms with van der Waals surface area (Å²) in [6, 6.07) is 0.424. The minimum absolute atomic E-state index is 0.0596. The number of nitrogen functional groups attached to an aromatic ring is 1. The zero-order valence-electron chi connectivity index (χ0n) is 13.3. The summed E-state index contributed by atoms with van der Waals surface area (Å²) in [7, 11) is 4.13. The van der Waals surface area contributed by atoms with Crippen LogP contribution in [-0.2, 0) is 0 Å². The van der Waals surface area contributed by atoms with Gasteiger partial charge in [-0.3, -0.25) is 4.79 Å². The summed E-state index contributed by atoms with van der Waals surface area (Å²) in [6.45, 7) is 5.56. The molecule has 118 valence electrons. The molecule has 6 heteroatoms. The smallest absolute Gasteiger partial charge is 0.263 e. The highest BCUT2D eigenvalue weighted by molar-refractivity contribution is 7.18. The van der Waals surface area contributed by atoms with Crippen molar-refractivity contribution in [3.05, 3.63) is 10.4 Å². The fraction of sp³-hybridized carbons (Fsp3) is 0.667. The molecule has 21 heavy (non-hydrogen) atoms. The Labute approximate surface area is 130 Å². The normalized spacial score (nSPS) is 16.0. The number of thiophene rings is 1. The van der Waals surface area contributed by atoms with E-state index in [1.54, 1.807) is 0 Å². The average molecular weight is 310 g/mol. The summed E-state index contributed by atoms with van der Waals surface area (Å²) in [5.74, 6) is 0.470. The lowest BCUT2D eigenvalue weighted by Gasteiger charge is -2.20. The molecule has 0 saturated heterocycles. The van der Waals surface area contributed by atoms with Gasteiger partial charge in [0.25, 0.3) is 5.91 Å². The van der Waals surface area contributed by atoms with Crippen molar-refractivity contribution in [1.29, 1.82) is 0 Å². The van der Waals surface area contributed by atoms with Crippen LogP contribution < -0.4 is 16.4 Å². The molecule has 4 N–H and O–H groups in total. The van der Waals surface area contributed by atoms with Crippen LogP contribution in [0.3, 0.4) is 0 Å². The van der Waals surface area contributed by atoms with Gasteiger partial charge in [0, 0.05) is 24.7 Å². The van der Waals surface area contributed by atoms with E-state index in [9.17, 15) is 4.79 Å². The molecular formula is C15H26N4OS. The number of rotatable bonds is 7. The number of anilines is 2. The van der Waals surface area contributed by atoms with Gasteiger partial charge in [-0.1, -0.05) is 0 Å². The van der Waals surface area contributed by atoms with E-state index in [4.69, 9.17) is 5.73 Å². The maximum atomic E-state index is 12.1. The molecule has 0 bridgehead atoms. The van der Waals surface area contributed by atoms with Crippen LogP contribution >= 0.6 is 11.3 Å². The summed E-state index contributed by atoms with van der Waals surface area (Å²) in [5.41, 5.74) is 8.08. The Morgan fingerprint density at radius 2 is 2.14 bits per heavy atom. The fourth-order valence-corrected chi connectivity index (χ4v) is 3.33. The maximum Gasteiger partial charge on any atom is 0.263 e. The topological polar surface area (TPSA) is 70.4 Å². The van der Waals surface area contributed by atoms with Crippen molar-refractivity contribution >= 4 is 27.9 Å². The molecule has 1 aliphatic carbocycles. The lowest BCUT2D eigenvalue weighted by molar-refractivity contribution is 0.0960. The van der Waals surface area contributed by atoms with E-state index in [-0.39, 0.29) is 5.91 Å². The molecule has 0 radical (unpaired) electrons. The molecule has 1 aromatic heterocycles. The molecule has 1 saturated carbocycles. The number of hydrogen-bond donors (Lipinski definition) is 3. The molecule has 0 spiro atoms. The molecule has 1 unspecified atom stereocenters. The zero-order chi connectivity index (χ0) is 15.6. The van der Waals surface area contributed by atoms with Gasteiger partial charge < -0.3 is 21.3 Å². The zero-order valence-corrected chi connectivity index (χ0v) is 14.1. The van der Waals surface area contributed by atoms with E-state index in [2.05, 4.69) is 36.6 Å². The second-order valence-corrected chi connectivity index (χ2v) is 6.94. The van der Waals surface area contributed by atoms with Crippen molar-refractivity contribution in [2.75, 3.05) is 38.2 Å². The summed E-state index contributed by atoms with van der Waals surface area (Å²) in [4.78, 5) is 14.9. The number of likely N-dealkylation sites (N-methyl/N-ethyl adjacent to an activating group) is 1. The van der Waals surface area contributed by atoms with Crippen LogP contribution in [0.2, 0.25) is 0 Å². The average Bonchev–Trinajstić information content (AvgIpc) is 3.20. The molecule has 1 fully saturated rings. The predicted octanol–water partition coefficient (Wildman–Crippen LogP) is 2.32. The predicted molar refractivity (Wildman–Crippen MR) is 90.4 cm³/mol. The number of hydrogen-bond acceptors (Lipinski definition) is 5. The van der Waals surface area contributed by atoms with Gasteiger partial charge >= 0.3 is 0 Å². The van der Waals surface area contributed by atoms with Gasteiger partial charge in [0.2, 0.25) is 0 Å². The van der Waals surface area contributed by atoms with Crippen molar-refractivity contribution < 1.29 is 4.79 Å². The van der Waals surface area contributed by atoms with Gasteiger partial charge in [0.1, 0.15) is 4.88 Å². The van der Waals surface area contributed by atoms with Crippen LogP contribution in [0.25, 0.3) is 0 Å². The largest absolute Gasteiger partial charge is 0.397 e. The Kier molecular flexibility index (Phi) is 5.11. The Morgan fingerprint density at radius 1 is 1.48 bits per heavy atom. The minimum atomic E-state index is -0.0596. The van der Waals surface area contributed by atoms with Crippen LogP contribution in [-0.4, -0.2) is 44.0 Å². The van der Waals surface area contributed by atoms with Crippen LogP contribution in [0, 0.1) is 0 Å². The fourth-order valence-electron chi connectivity index (χ4n) is 2.20. The molecular weight excluding hydrogens is 284 g/mol. The molecule has 1 amide bonds. The first-order valence-corrected chi connectivity index (χ1v) is 8.38. The van der Waals surface area contributed by atoms with E-state index in [0.717, 1.165) is 17.1 Å². The first-order valence-electron chi connectivity index (χ1n) is 7.56. The van der Waals surface area contributed by atoms with E-state index >= 15 is 0 Å². The molecule has 0 aromatic carbocycles. The quantitative estimate of drug-likeness (QED) is 0.723. The van der Waals surface area contributed by atoms with Crippen molar-refractivity contribution in [3.63, 3.8) is 0 Å². The summed E-state index contributed by atoms with van der Waals surface area (Å²) >= 11 is 1.49.